The van der Waals surface area contributed by atoms with Crippen LogP contribution in [0.1, 0.15) is 0 Å². The Hall–Kier alpha value is -3.86. The summed E-state index contributed by atoms with van der Waals surface area (Å²) in [6.45, 7) is -3.02. The fourth-order valence-electron chi connectivity index (χ4n) is 3.33. The predicted octanol–water partition coefficient (Wildman–Crippen LogP) is 4.69. The summed E-state index contributed by atoms with van der Waals surface area (Å²) >= 11 is 1.52. The molecule has 2 N–H and O–H groups in total. The summed E-state index contributed by atoms with van der Waals surface area (Å²) in [6.07, 6.45) is 2.89. The van der Waals surface area contributed by atoms with Crippen molar-refractivity contribution in [3.63, 3.8) is 0 Å². The van der Waals surface area contributed by atoms with Gasteiger partial charge >= 0.3 is 6.61 Å². The summed E-state index contributed by atoms with van der Waals surface area (Å²) in [5.41, 5.74) is 4.62. The number of thiazole rings is 1. The highest BCUT2D eigenvalue weighted by molar-refractivity contribution is 7.16. The van der Waals surface area contributed by atoms with Crippen molar-refractivity contribution in [3.8, 4) is 22.8 Å². The molecule has 0 aliphatic heterocycles. The number of phenols is 1. The second kappa shape index (κ2) is 7.43. The zero-order valence-corrected chi connectivity index (χ0v) is 16.8. The first-order valence-electron chi connectivity index (χ1n) is 9.05. The normalized spacial score (nSPS) is 11.5. The molecule has 0 aliphatic rings. The first-order chi connectivity index (χ1) is 15.0. The van der Waals surface area contributed by atoms with E-state index in [0.717, 1.165) is 15.9 Å². The van der Waals surface area contributed by atoms with Crippen LogP contribution in [0.15, 0.2) is 48.4 Å². The van der Waals surface area contributed by atoms with E-state index in [0.29, 0.717) is 27.8 Å². The SMILES string of the molecule is Cn1cc(-c2cc(O)c3c(Nc4ccc5ncsc5c4)ncnc3c2)c(OC(F)F)n1. The van der Waals surface area contributed by atoms with E-state index in [4.69, 9.17) is 0 Å². The Balaban J connectivity index is 1.57. The predicted molar refractivity (Wildman–Crippen MR) is 113 cm³/mol. The van der Waals surface area contributed by atoms with E-state index in [9.17, 15) is 13.9 Å². The van der Waals surface area contributed by atoms with Gasteiger partial charge in [0.05, 0.1) is 32.2 Å². The van der Waals surface area contributed by atoms with Crippen LogP contribution in [0.25, 0.3) is 32.2 Å². The number of nitrogens with one attached hydrogen (secondary N) is 1. The van der Waals surface area contributed by atoms with Gasteiger partial charge in [-0.15, -0.1) is 16.4 Å². The minimum atomic E-state index is -3.02. The van der Waals surface area contributed by atoms with Gasteiger partial charge < -0.3 is 15.2 Å². The molecule has 0 radical (unpaired) electrons. The van der Waals surface area contributed by atoms with E-state index in [1.807, 2.05) is 18.2 Å². The van der Waals surface area contributed by atoms with Crippen molar-refractivity contribution < 1.29 is 18.6 Å². The molecule has 0 atom stereocenters. The highest BCUT2D eigenvalue weighted by Gasteiger charge is 2.19. The number of hydrogen-bond acceptors (Lipinski definition) is 8. The number of anilines is 2. The van der Waals surface area contributed by atoms with Crippen molar-refractivity contribution >= 4 is 44.0 Å². The summed E-state index contributed by atoms with van der Waals surface area (Å²) in [5.74, 6) is 0.0657. The average Bonchev–Trinajstić information content (AvgIpc) is 3.33. The van der Waals surface area contributed by atoms with Gasteiger partial charge in [-0.2, -0.15) is 8.78 Å². The van der Waals surface area contributed by atoms with E-state index in [1.165, 1.54) is 34.6 Å². The maximum absolute atomic E-state index is 12.7. The highest BCUT2D eigenvalue weighted by atomic mass is 32.1. The Labute approximate surface area is 177 Å². The molecule has 3 heterocycles. The molecule has 31 heavy (non-hydrogen) atoms. The van der Waals surface area contributed by atoms with Crippen molar-refractivity contribution in [2.24, 2.45) is 7.05 Å². The zero-order chi connectivity index (χ0) is 21.5. The molecule has 0 saturated heterocycles. The number of phenolic OH excluding ortho intramolecular Hbond substituents is 1. The standard InChI is InChI=1S/C20H14F2N6O2S/c1-28-7-12(19(27-28)30-20(21)22)10-4-14-17(15(29)5-10)18(24-8-23-14)26-11-2-3-13-16(6-11)31-9-25-13/h2-9,20,29H,1H3,(H,23,24,26). The fraction of sp³-hybridized carbons (Fsp3) is 0.100. The number of ether oxygens (including phenoxy) is 1. The third-order valence-corrected chi connectivity index (χ3v) is 5.41. The van der Waals surface area contributed by atoms with Crippen LogP contribution in [0, 0.1) is 0 Å². The molecule has 156 valence electrons. The monoisotopic (exact) mass is 440 g/mol. The molecule has 0 fully saturated rings. The van der Waals surface area contributed by atoms with Crippen molar-refractivity contribution in [3.05, 3.63) is 48.4 Å². The van der Waals surface area contributed by atoms with Crippen LogP contribution >= 0.6 is 11.3 Å². The van der Waals surface area contributed by atoms with Gasteiger partial charge in [0, 0.05) is 18.9 Å². The lowest BCUT2D eigenvalue weighted by atomic mass is 10.1. The van der Waals surface area contributed by atoms with Crippen LogP contribution in [0.3, 0.4) is 0 Å². The first-order valence-corrected chi connectivity index (χ1v) is 9.93. The molecule has 2 aromatic carbocycles. The number of alkyl halides is 2. The summed E-state index contributed by atoms with van der Waals surface area (Å²) in [5, 5.41) is 18.3. The number of rotatable bonds is 5. The van der Waals surface area contributed by atoms with E-state index in [1.54, 1.807) is 18.6 Å². The van der Waals surface area contributed by atoms with Gasteiger partial charge in [-0.1, -0.05) is 0 Å². The van der Waals surface area contributed by atoms with Crippen LogP contribution in [-0.2, 0) is 7.05 Å². The van der Waals surface area contributed by atoms with Crippen molar-refractivity contribution in [2.45, 2.75) is 6.61 Å². The maximum atomic E-state index is 12.7. The van der Waals surface area contributed by atoms with Gasteiger partial charge in [-0.05, 0) is 35.9 Å². The molecular weight excluding hydrogens is 426 g/mol. The largest absolute Gasteiger partial charge is 0.507 e. The van der Waals surface area contributed by atoms with Gasteiger partial charge in [0.25, 0.3) is 0 Å². The lowest BCUT2D eigenvalue weighted by Crippen LogP contribution is -2.03. The topological polar surface area (TPSA) is 98.0 Å². The van der Waals surface area contributed by atoms with Crippen molar-refractivity contribution in [2.75, 3.05) is 5.32 Å². The molecule has 0 aliphatic carbocycles. The number of aromatic hydroxyl groups is 1. The molecule has 3 aromatic heterocycles. The van der Waals surface area contributed by atoms with Crippen molar-refractivity contribution in [1.82, 2.24) is 24.7 Å². The van der Waals surface area contributed by atoms with E-state index in [2.05, 4.69) is 30.1 Å². The fourth-order valence-corrected chi connectivity index (χ4v) is 4.04. The van der Waals surface area contributed by atoms with Gasteiger partial charge in [-0.25, -0.2) is 15.0 Å². The van der Waals surface area contributed by atoms with E-state index < -0.39 is 6.61 Å². The van der Waals surface area contributed by atoms with E-state index >= 15 is 0 Å². The summed E-state index contributed by atoms with van der Waals surface area (Å²) < 4.78 is 32.4. The third kappa shape index (κ3) is 3.59. The van der Waals surface area contributed by atoms with Crippen LogP contribution in [0.2, 0.25) is 0 Å². The zero-order valence-electron chi connectivity index (χ0n) is 16.0. The third-order valence-electron chi connectivity index (χ3n) is 4.62. The molecule has 0 unspecified atom stereocenters. The number of nitrogens with zero attached hydrogens (tertiary/aromatic N) is 5. The van der Waals surface area contributed by atoms with Crippen LogP contribution in [0.4, 0.5) is 20.3 Å². The molecule has 8 nitrogen and oxygen atoms in total. The van der Waals surface area contributed by atoms with Gasteiger partial charge in [0.15, 0.2) is 0 Å². The first kappa shape index (κ1) is 19.1. The molecule has 0 spiro atoms. The molecule has 0 saturated carbocycles. The molecule has 5 rings (SSSR count). The van der Waals surface area contributed by atoms with Gasteiger partial charge in [0.1, 0.15) is 17.9 Å². The number of benzene rings is 2. The quantitative estimate of drug-likeness (QED) is 0.409. The lowest BCUT2D eigenvalue weighted by Gasteiger charge is -2.11. The Morgan fingerprint density at radius 1 is 1.13 bits per heavy atom. The summed E-state index contributed by atoms with van der Waals surface area (Å²) in [4.78, 5) is 12.8. The average molecular weight is 440 g/mol. The molecule has 5 aromatic rings. The second-order valence-electron chi connectivity index (χ2n) is 6.67. The number of hydrogen-bond donors (Lipinski definition) is 2. The van der Waals surface area contributed by atoms with Crippen molar-refractivity contribution in [1.29, 1.82) is 0 Å². The molecule has 0 bridgehead atoms. The molecule has 0 amide bonds. The Morgan fingerprint density at radius 2 is 2.00 bits per heavy atom. The molecule has 11 heteroatoms. The van der Waals surface area contributed by atoms with Crippen LogP contribution < -0.4 is 10.1 Å². The Kier molecular flexibility index (Phi) is 4.59. The van der Waals surface area contributed by atoms with Crippen LogP contribution in [-0.4, -0.2) is 36.5 Å². The lowest BCUT2D eigenvalue weighted by molar-refractivity contribution is -0.0527. The number of halogens is 2. The molecular formula is C20H14F2N6O2S. The number of aryl methyl sites for hydroxylation is 1. The van der Waals surface area contributed by atoms with E-state index in [-0.39, 0.29) is 11.6 Å². The number of fused-ring (bicyclic) bond motifs is 2. The smallest absolute Gasteiger partial charge is 0.388 e. The Bertz CT molecular complexity index is 1420. The van der Waals surface area contributed by atoms with Crippen LogP contribution in [0.5, 0.6) is 11.6 Å². The second-order valence-corrected chi connectivity index (χ2v) is 7.56. The minimum absolute atomic E-state index is 0.110. The highest BCUT2D eigenvalue weighted by Crippen LogP contribution is 2.38. The summed E-state index contributed by atoms with van der Waals surface area (Å²) in [7, 11) is 1.59. The number of aromatic nitrogens is 5. The van der Waals surface area contributed by atoms with Gasteiger partial charge in [-0.3, -0.25) is 4.68 Å². The van der Waals surface area contributed by atoms with Gasteiger partial charge in [0.2, 0.25) is 5.88 Å². The summed E-state index contributed by atoms with van der Waals surface area (Å²) in [6, 6.07) is 8.80. The Morgan fingerprint density at radius 3 is 2.84 bits per heavy atom. The maximum Gasteiger partial charge on any atom is 0.388 e. The minimum Gasteiger partial charge on any atom is -0.507 e.